The molecule has 1 aliphatic carbocycles. The maximum absolute atomic E-state index is 12.2. The standard InChI is InChI=1S/C13H22N2O4/c1-9-4-2-3-5-10(9)14-13(18)15-6-7-19-8-11(15)12(16)17/h9-11H,2-8H2,1H3,(H,14,18)(H,16,17). The van der Waals surface area contributed by atoms with Crippen LogP contribution in [-0.2, 0) is 9.53 Å². The van der Waals surface area contributed by atoms with Gasteiger partial charge in [0.15, 0.2) is 6.04 Å². The average molecular weight is 270 g/mol. The highest BCUT2D eigenvalue weighted by atomic mass is 16.5. The summed E-state index contributed by atoms with van der Waals surface area (Å²) in [6.07, 6.45) is 4.44. The van der Waals surface area contributed by atoms with Gasteiger partial charge in [-0.05, 0) is 18.8 Å². The lowest BCUT2D eigenvalue weighted by Crippen LogP contribution is -2.57. The van der Waals surface area contributed by atoms with Crippen LogP contribution in [-0.4, -0.2) is 53.8 Å². The number of aliphatic carboxylic acids is 1. The molecule has 2 amide bonds. The van der Waals surface area contributed by atoms with Gasteiger partial charge in [-0.1, -0.05) is 19.8 Å². The van der Waals surface area contributed by atoms with Gasteiger partial charge in [-0.2, -0.15) is 0 Å². The summed E-state index contributed by atoms with van der Waals surface area (Å²) in [5.41, 5.74) is 0. The van der Waals surface area contributed by atoms with Crippen LogP contribution in [0.25, 0.3) is 0 Å². The van der Waals surface area contributed by atoms with Crippen molar-refractivity contribution in [3.63, 3.8) is 0 Å². The fraction of sp³-hybridized carbons (Fsp3) is 0.846. The number of nitrogens with zero attached hydrogens (tertiary/aromatic N) is 1. The zero-order chi connectivity index (χ0) is 13.8. The molecule has 0 bridgehead atoms. The van der Waals surface area contributed by atoms with Crippen LogP contribution in [0.5, 0.6) is 0 Å². The highest BCUT2D eigenvalue weighted by Crippen LogP contribution is 2.24. The van der Waals surface area contributed by atoms with Gasteiger partial charge in [0.05, 0.1) is 13.2 Å². The van der Waals surface area contributed by atoms with Gasteiger partial charge in [0.1, 0.15) is 0 Å². The van der Waals surface area contributed by atoms with Crippen LogP contribution in [0.15, 0.2) is 0 Å². The van der Waals surface area contributed by atoms with Crippen molar-refractivity contribution in [1.29, 1.82) is 0 Å². The summed E-state index contributed by atoms with van der Waals surface area (Å²) >= 11 is 0. The Morgan fingerprint density at radius 3 is 2.74 bits per heavy atom. The third kappa shape index (κ3) is 3.37. The molecular weight excluding hydrogens is 248 g/mol. The fourth-order valence-corrected chi connectivity index (χ4v) is 2.82. The van der Waals surface area contributed by atoms with Crippen LogP contribution in [0.3, 0.4) is 0 Å². The van der Waals surface area contributed by atoms with Gasteiger partial charge in [0.25, 0.3) is 0 Å². The second kappa shape index (κ2) is 6.23. The summed E-state index contributed by atoms with van der Waals surface area (Å²) in [7, 11) is 0. The summed E-state index contributed by atoms with van der Waals surface area (Å²) < 4.78 is 5.13. The number of ether oxygens (including phenoxy) is 1. The molecule has 3 unspecified atom stereocenters. The Morgan fingerprint density at radius 1 is 1.32 bits per heavy atom. The molecule has 3 atom stereocenters. The van der Waals surface area contributed by atoms with E-state index < -0.39 is 12.0 Å². The zero-order valence-electron chi connectivity index (χ0n) is 11.3. The van der Waals surface area contributed by atoms with E-state index in [1.807, 2.05) is 0 Å². The fourth-order valence-electron chi connectivity index (χ4n) is 2.82. The van der Waals surface area contributed by atoms with E-state index in [4.69, 9.17) is 9.84 Å². The normalized spacial score (nSPS) is 31.8. The molecule has 1 saturated heterocycles. The molecular formula is C13H22N2O4. The Morgan fingerprint density at radius 2 is 2.05 bits per heavy atom. The molecule has 2 fully saturated rings. The minimum atomic E-state index is -1.01. The Kier molecular flexibility index (Phi) is 4.63. The van der Waals surface area contributed by atoms with Gasteiger partial charge in [-0.3, -0.25) is 0 Å². The van der Waals surface area contributed by atoms with Crippen LogP contribution in [0.1, 0.15) is 32.6 Å². The molecule has 0 spiro atoms. The molecule has 0 radical (unpaired) electrons. The number of urea groups is 1. The van der Waals surface area contributed by atoms with Crippen molar-refractivity contribution in [2.24, 2.45) is 5.92 Å². The summed E-state index contributed by atoms with van der Waals surface area (Å²) in [6.45, 7) is 2.95. The van der Waals surface area contributed by atoms with Crippen LogP contribution in [0.2, 0.25) is 0 Å². The molecule has 2 rings (SSSR count). The topological polar surface area (TPSA) is 78.9 Å². The largest absolute Gasteiger partial charge is 0.480 e. The summed E-state index contributed by atoms with van der Waals surface area (Å²) in [5, 5.41) is 12.1. The number of carboxylic acids is 1. The Hall–Kier alpha value is -1.30. The van der Waals surface area contributed by atoms with Crippen molar-refractivity contribution in [2.75, 3.05) is 19.8 Å². The van der Waals surface area contributed by atoms with Crippen molar-refractivity contribution < 1.29 is 19.4 Å². The number of amides is 2. The van der Waals surface area contributed by atoms with E-state index in [0.29, 0.717) is 19.1 Å². The molecule has 0 aromatic carbocycles. The molecule has 0 aromatic rings. The van der Waals surface area contributed by atoms with E-state index in [2.05, 4.69) is 12.2 Å². The van der Waals surface area contributed by atoms with Crippen molar-refractivity contribution in [1.82, 2.24) is 10.2 Å². The van der Waals surface area contributed by atoms with Gasteiger partial charge in [0.2, 0.25) is 0 Å². The first-order valence-corrected chi connectivity index (χ1v) is 6.97. The average Bonchev–Trinajstić information content (AvgIpc) is 2.41. The molecule has 1 saturated carbocycles. The number of carbonyl (C=O) groups is 2. The SMILES string of the molecule is CC1CCCCC1NC(=O)N1CCOCC1C(=O)O. The monoisotopic (exact) mass is 270 g/mol. The van der Waals surface area contributed by atoms with Crippen molar-refractivity contribution in [3.8, 4) is 0 Å². The van der Waals surface area contributed by atoms with Crippen molar-refractivity contribution in [3.05, 3.63) is 0 Å². The number of rotatable bonds is 2. The van der Waals surface area contributed by atoms with Crippen LogP contribution >= 0.6 is 0 Å². The van der Waals surface area contributed by atoms with Gasteiger partial charge >= 0.3 is 12.0 Å². The van der Waals surface area contributed by atoms with Gasteiger partial charge in [0, 0.05) is 12.6 Å². The van der Waals surface area contributed by atoms with Crippen LogP contribution < -0.4 is 5.32 Å². The van der Waals surface area contributed by atoms with Crippen LogP contribution in [0.4, 0.5) is 4.79 Å². The van der Waals surface area contributed by atoms with E-state index >= 15 is 0 Å². The third-order valence-corrected chi connectivity index (χ3v) is 4.09. The quantitative estimate of drug-likeness (QED) is 0.786. The predicted molar refractivity (Wildman–Crippen MR) is 68.9 cm³/mol. The highest BCUT2D eigenvalue weighted by molar-refractivity contribution is 5.83. The molecule has 6 nitrogen and oxygen atoms in total. The molecule has 2 N–H and O–H groups in total. The molecule has 6 heteroatoms. The van der Waals surface area contributed by atoms with E-state index in [-0.39, 0.29) is 18.7 Å². The number of hydrogen-bond acceptors (Lipinski definition) is 3. The molecule has 108 valence electrons. The summed E-state index contributed by atoms with van der Waals surface area (Å²) in [5.74, 6) is -0.548. The van der Waals surface area contributed by atoms with E-state index in [0.717, 1.165) is 19.3 Å². The maximum atomic E-state index is 12.2. The maximum Gasteiger partial charge on any atom is 0.328 e. The van der Waals surface area contributed by atoms with Crippen molar-refractivity contribution in [2.45, 2.75) is 44.7 Å². The number of carboxylic acid groups (broad SMARTS) is 1. The second-order valence-electron chi connectivity index (χ2n) is 5.44. The first-order valence-electron chi connectivity index (χ1n) is 6.97. The van der Waals surface area contributed by atoms with Gasteiger partial charge in [-0.25, -0.2) is 9.59 Å². The predicted octanol–water partition coefficient (Wildman–Crippen LogP) is 1.06. The smallest absolute Gasteiger partial charge is 0.328 e. The number of carbonyl (C=O) groups excluding carboxylic acids is 1. The number of hydrogen-bond donors (Lipinski definition) is 2. The molecule has 19 heavy (non-hydrogen) atoms. The lowest BCUT2D eigenvalue weighted by Gasteiger charge is -2.36. The molecule has 0 aromatic heterocycles. The number of morpholine rings is 1. The van der Waals surface area contributed by atoms with E-state index in [9.17, 15) is 9.59 Å². The molecule has 1 aliphatic heterocycles. The van der Waals surface area contributed by atoms with Crippen LogP contribution in [0, 0.1) is 5.92 Å². The Balaban J connectivity index is 1.95. The third-order valence-electron chi connectivity index (χ3n) is 4.09. The minimum absolute atomic E-state index is 0.0724. The van der Waals surface area contributed by atoms with E-state index in [1.54, 1.807) is 0 Å². The second-order valence-corrected chi connectivity index (χ2v) is 5.44. The van der Waals surface area contributed by atoms with Gasteiger partial charge < -0.3 is 20.1 Å². The molecule has 1 heterocycles. The number of nitrogens with one attached hydrogen (secondary N) is 1. The zero-order valence-corrected chi connectivity index (χ0v) is 11.3. The summed E-state index contributed by atoms with van der Waals surface area (Å²) in [4.78, 5) is 24.7. The minimum Gasteiger partial charge on any atom is -0.480 e. The highest BCUT2D eigenvalue weighted by Gasteiger charge is 2.34. The first kappa shape index (κ1) is 14.1. The Bertz CT molecular complexity index is 348. The Labute approximate surface area is 113 Å². The van der Waals surface area contributed by atoms with Gasteiger partial charge in [-0.15, -0.1) is 0 Å². The molecule has 2 aliphatic rings. The van der Waals surface area contributed by atoms with Crippen molar-refractivity contribution >= 4 is 12.0 Å². The van der Waals surface area contributed by atoms with E-state index in [1.165, 1.54) is 11.3 Å². The summed E-state index contributed by atoms with van der Waals surface area (Å²) in [6, 6.07) is -0.972. The first-order chi connectivity index (χ1) is 9.09. The lowest BCUT2D eigenvalue weighted by atomic mass is 9.86. The lowest BCUT2D eigenvalue weighted by molar-refractivity contribution is -0.147.